The largest absolute Gasteiger partial charge is 0.341 e. The Bertz CT molecular complexity index is 1330. The molecule has 1 N–H and O–H groups in total. The molecule has 0 saturated carbocycles. The van der Waals surface area contributed by atoms with E-state index in [9.17, 15) is 4.79 Å². The molecule has 1 saturated heterocycles. The Hall–Kier alpha value is -2.01. The van der Waals surface area contributed by atoms with Crippen LogP contribution in [0.3, 0.4) is 0 Å². The fourth-order valence-electron chi connectivity index (χ4n) is 4.48. The van der Waals surface area contributed by atoms with Crippen LogP contribution in [0.15, 0.2) is 18.5 Å². The van der Waals surface area contributed by atoms with Gasteiger partial charge in [0.15, 0.2) is 0 Å². The molecule has 2 aliphatic rings. The topological polar surface area (TPSA) is 83.9 Å². The van der Waals surface area contributed by atoms with Crippen molar-refractivity contribution in [1.82, 2.24) is 24.5 Å². The van der Waals surface area contributed by atoms with Gasteiger partial charge in [0.1, 0.15) is 22.5 Å². The number of aromatic nitrogens is 4. The molecule has 4 aromatic rings. The molecule has 4 heterocycles. The van der Waals surface area contributed by atoms with Gasteiger partial charge in [-0.05, 0) is 48.5 Å². The van der Waals surface area contributed by atoms with Gasteiger partial charge in [-0.3, -0.25) is 4.79 Å². The van der Waals surface area contributed by atoms with Crippen molar-refractivity contribution in [3.63, 3.8) is 0 Å². The summed E-state index contributed by atoms with van der Waals surface area (Å²) in [7, 11) is 0. The number of benzene rings is 1. The minimum absolute atomic E-state index is 0.0683. The molecular formula is C21H19ClN6OS3. The summed E-state index contributed by atoms with van der Waals surface area (Å²) < 4.78 is 4.96. The van der Waals surface area contributed by atoms with Gasteiger partial charge in [-0.25, -0.2) is 9.97 Å². The quantitative estimate of drug-likeness (QED) is 0.431. The number of fused-ring (bicyclic) bond motifs is 4. The summed E-state index contributed by atoms with van der Waals surface area (Å²) in [5, 5.41) is 9.12. The average molecular weight is 503 g/mol. The Kier molecular flexibility index (Phi) is 5.41. The zero-order chi connectivity index (χ0) is 21.7. The molecule has 11 heteroatoms. The molecule has 0 unspecified atom stereocenters. The number of thiophene rings is 1. The number of thioether (sulfide) groups is 1. The molecule has 1 atom stereocenters. The van der Waals surface area contributed by atoms with Crippen LogP contribution in [0.2, 0.25) is 5.02 Å². The lowest BCUT2D eigenvalue weighted by atomic mass is 9.87. The van der Waals surface area contributed by atoms with E-state index in [4.69, 9.17) is 11.6 Å². The monoisotopic (exact) mass is 502 g/mol. The van der Waals surface area contributed by atoms with Crippen LogP contribution in [0.5, 0.6) is 0 Å². The molecule has 1 fully saturated rings. The van der Waals surface area contributed by atoms with Crippen molar-refractivity contribution in [2.24, 2.45) is 5.92 Å². The first kappa shape index (κ1) is 20.6. The van der Waals surface area contributed by atoms with Gasteiger partial charge < -0.3 is 10.2 Å². The van der Waals surface area contributed by atoms with Crippen LogP contribution in [0, 0.1) is 5.92 Å². The van der Waals surface area contributed by atoms with Crippen LogP contribution in [0.4, 0.5) is 11.5 Å². The number of carbonyl (C=O) groups is 1. The van der Waals surface area contributed by atoms with Crippen molar-refractivity contribution in [2.75, 3.05) is 29.9 Å². The number of nitrogens with zero attached hydrogens (tertiary/aromatic N) is 5. The number of hydrogen-bond acceptors (Lipinski definition) is 9. The van der Waals surface area contributed by atoms with Crippen LogP contribution in [0.25, 0.3) is 20.4 Å². The summed E-state index contributed by atoms with van der Waals surface area (Å²) in [5.41, 5.74) is 2.83. The fraction of sp³-hybridized carbons (Fsp3) is 0.381. The van der Waals surface area contributed by atoms with Gasteiger partial charge in [0.2, 0.25) is 5.91 Å². The second kappa shape index (κ2) is 8.40. The molecule has 1 aromatic carbocycles. The summed E-state index contributed by atoms with van der Waals surface area (Å²) >= 11 is 11.4. The number of aryl methyl sites for hydroxylation is 1. The minimum atomic E-state index is 0.0683. The third-order valence-electron chi connectivity index (χ3n) is 6.11. The molecule has 164 valence electrons. The lowest BCUT2D eigenvalue weighted by Gasteiger charge is -2.31. The van der Waals surface area contributed by atoms with E-state index in [1.165, 1.54) is 22.0 Å². The number of anilines is 2. The molecule has 1 aliphatic heterocycles. The number of carbonyl (C=O) groups excluding carboxylic acids is 1. The highest BCUT2D eigenvalue weighted by Crippen LogP contribution is 2.41. The highest BCUT2D eigenvalue weighted by atomic mass is 35.5. The predicted octanol–water partition coefficient (Wildman–Crippen LogP) is 4.77. The SMILES string of the molecule is O=C([C@H]1CCc2c(sc3ncnc(Nc4cc5snnc5cc4Cl)c23)C1)N1CCSCC1. The van der Waals surface area contributed by atoms with Crippen LogP contribution >= 0.6 is 46.2 Å². The van der Waals surface area contributed by atoms with Gasteiger partial charge in [0, 0.05) is 35.4 Å². The summed E-state index contributed by atoms with van der Waals surface area (Å²) in [6.07, 6.45) is 4.11. The van der Waals surface area contributed by atoms with Crippen LogP contribution < -0.4 is 5.32 Å². The molecule has 0 bridgehead atoms. The van der Waals surface area contributed by atoms with E-state index < -0.39 is 0 Å². The number of halogens is 1. The maximum atomic E-state index is 13.1. The van der Waals surface area contributed by atoms with Crippen molar-refractivity contribution in [1.29, 1.82) is 0 Å². The Balaban J connectivity index is 1.32. The zero-order valence-corrected chi connectivity index (χ0v) is 20.2. The van der Waals surface area contributed by atoms with E-state index in [0.717, 1.165) is 75.8 Å². The van der Waals surface area contributed by atoms with Crippen molar-refractivity contribution in [2.45, 2.75) is 19.3 Å². The number of hydrogen-bond donors (Lipinski definition) is 1. The maximum absolute atomic E-state index is 13.1. The van der Waals surface area contributed by atoms with Gasteiger partial charge in [0.25, 0.3) is 0 Å². The molecule has 0 spiro atoms. The van der Waals surface area contributed by atoms with Crippen LogP contribution in [-0.2, 0) is 17.6 Å². The second-order valence-corrected chi connectivity index (χ2v) is 11.5. The fourth-order valence-corrected chi connectivity index (χ4v) is 7.44. The number of amides is 1. The van der Waals surface area contributed by atoms with Gasteiger partial charge in [0.05, 0.1) is 20.8 Å². The normalized spacial score (nSPS) is 18.8. The van der Waals surface area contributed by atoms with Crippen molar-refractivity contribution >= 4 is 84.1 Å². The number of rotatable bonds is 3. The molecule has 32 heavy (non-hydrogen) atoms. The van der Waals surface area contributed by atoms with Crippen molar-refractivity contribution in [3.8, 4) is 0 Å². The third kappa shape index (κ3) is 3.63. The Morgan fingerprint density at radius 2 is 2.09 bits per heavy atom. The minimum Gasteiger partial charge on any atom is -0.341 e. The second-order valence-electron chi connectivity index (χ2n) is 7.98. The smallest absolute Gasteiger partial charge is 0.226 e. The summed E-state index contributed by atoms with van der Waals surface area (Å²) in [6, 6.07) is 3.78. The lowest BCUT2D eigenvalue weighted by molar-refractivity contribution is -0.135. The molecule has 1 aliphatic carbocycles. The third-order valence-corrected chi connectivity index (χ3v) is 9.21. The first-order chi connectivity index (χ1) is 15.7. The van der Waals surface area contributed by atoms with E-state index in [2.05, 4.69) is 29.8 Å². The molecule has 1 amide bonds. The molecular weight excluding hydrogens is 484 g/mol. The highest BCUT2D eigenvalue weighted by molar-refractivity contribution is 7.99. The van der Waals surface area contributed by atoms with Crippen molar-refractivity contribution < 1.29 is 4.79 Å². The lowest BCUT2D eigenvalue weighted by Crippen LogP contribution is -2.42. The molecule has 0 radical (unpaired) electrons. The van der Waals surface area contributed by atoms with E-state index in [1.54, 1.807) is 17.7 Å². The molecule has 3 aromatic heterocycles. The van der Waals surface area contributed by atoms with Gasteiger partial charge in [-0.1, -0.05) is 16.1 Å². The highest BCUT2D eigenvalue weighted by Gasteiger charge is 2.32. The van der Waals surface area contributed by atoms with Crippen molar-refractivity contribution in [3.05, 3.63) is 33.9 Å². The van der Waals surface area contributed by atoms with Crippen LogP contribution in [-0.4, -0.2) is 55.0 Å². The molecule has 7 nitrogen and oxygen atoms in total. The van der Waals surface area contributed by atoms with Gasteiger partial charge in [-0.2, -0.15) is 11.8 Å². The Morgan fingerprint density at radius 3 is 2.97 bits per heavy atom. The Labute approximate surface area is 201 Å². The average Bonchev–Trinajstić information content (AvgIpc) is 3.43. The summed E-state index contributed by atoms with van der Waals surface area (Å²) in [6.45, 7) is 1.75. The predicted molar refractivity (Wildman–Crippen MR) is 133 cm³/mol. The first-order valence-electron chi connectivity index (χ1n) is 10.5. The standard InChI is InChI=1S/C21H19ClN6OS3/c22-13-8-15-17(32-27-26-15)9-14(13)25-19-18-12-2-1-11(21(29)28-3-5-30-6-4-28)7-16(12)31-20(18)24-10-23-19/h8-11H,1-7H2,(H,23,24,25)/t11-/m0/s1. The van der Waals surface area contributed by atoms with E-state index in [-0.39, 0.29) is 5.92 Å². The van der Waals surface area contributed by atoms with E-state index in [1.807, 2.05) is 23.9 Å². The summed E-state index contributed by atoms with van der Waals surface area (Å²) in [5.74, 6) is 3.23. The van der Waals surface area contributed by atoms with Gasteiger partial charge >= 0.3 is 0 Å². The van der Waals surface area contributed by atoms with E-state index in [0.29, 0.717) is 10.9 Å². The van der Waals surface area contributed by atoms with E-state index >= 15 is 0 Å². The summed E-state index contributed by atoms with van der Waals surface area (Å²) in [4.78, 5) is 26.4. The first-order valence-corrected chi connectivity index (χ1v) is 13.6. The zero-order valence-electron chi connectivity index (χ0n) is 17.0. The Morgan fingerprint density at radius 1 is 1.22 bits per heavy atom. The van der Waals surface area contributed by atoms with Gasteiger partial charge in [-0.15, -0.1) is 16.4 Å². The van der Waals surface area contributed by atoms with Crippen LogP contribution in [0.1, 0.15) is 16.9 Å². The molecule has 6 rings (SSSR count). The maximum Gasteiger partial charge on any atom is 0.226 e. The number of nitrogens with one attached hydrogen (secondary N) is 1.